The lowest BCUT2D eigenvalue weighted by atomic mass is 10.1. The number of primary amides is 1. The van der Waals surface area contributed by atoms with Gasteiger partial charge in [0.05, 0.1) is 13.2 Å². The van der Waals surface area contributed by atoms with Gasteiger partial charge in [-0.1, -0.05) is 18.1 Å². The van der Waals surface area contributed by atoms with E-state index in [0.29, 0.717) is 13.2 Å². The minimum absolute atomic E-state index is 0.279. The highest BCUT2D eigenvalue weighted by molar-refractivity contribution is 5.92. The van der Waals surface area contributed by atoms with Crippen molar-refractivity contribution in [2.75, 3.05) is 13.2 Å². The third-order valence-electron chi connectivity index (χ3n) is 2.13. The second-order valence-corrected chi connectivity index (χ2v) is 3.31. The van der Waals surface area contributed by atoms with Crippen LogP contribution in [0.4, 0.5) is 0 Å². The van der Waals surface area contributed by atoms with Gasteiger partial charge >= 0.3 is 0 Å². The monoisotopic (exact) mass is 217 g/mol. The van der Waals surface area contributed by atoms with E-state index in [2.05, 4.69) is 11.8 Å². The van der Waals surface area contributed by atoms with Gasteiger partial charge < -0.3 is 15.2 Å². The minimum atomic E-state index is -0.633. The first-order valence-electron chi connectivity index (χ1n) is 4.90. The van der Waals surface area contributed by atoms with E-state index >= 15 is 0 Å². The van der Waals surface area contributed by atoms with Gasteiger partial charge in [-0.05, 0) is 18.1 Å². The Morgan fingerprint density at radius 3 is 2.44 bits per heavy atom. The number of carbonyl (C=O) groups excluding carboxylic acids is 1. The third-order valence-corrected chi connectivity index (χ3v) is 2.13. The van der Waals surface area contributed by atoms with Gasteiger partial charge in [-0.3, -0.25) is 4.79 Å². The predicted molar refractivity (Wildman–Crippen MR) is 57.2 cm³/mol. The molecular formula is C12H11NO3. The van der Waals surface area contributed by atoms with E-state index in [1.807, 2.05) is 12.1 Å². The largest absolute Gasteiger partial charge is 0.359 e. The van der Waals surface area contributed by atoms with E-state index in [1.54, 1.807) is 12.1 Å². The van der Waals surface area contributed by atoms with Crippen molar-refractivity contribution in [3.63, 3.8) is 0 Å². The maximum Gasteiger partial charge on any atom is 0.293 e. The van der Waals surface area contributed by atoms with Crippen molar-refractivity contribution < 1.29 is 14.3 Å². The van der Waals surface area contributed by atoms with E-state index in [4.69, 9.17) is 15.2 Å². The molecule has 4 heteroatoms. The molecule has 0 radical (unpaired) electrons. The molecule has 0 unspecified atom stereocenters. The van der Waals surface area contributed by atoms with Crippen LogP contribution in [0.2, 0.25) is 0 Å². The Bertz CT molecular complexity index is 436. The first kappa shape index (κ1) is 10.7. The molecule has 1 aromatic rings. The highest BCUT2D eigenvalue weighted by Crippen LogP contribution is 2.22. The molecule has 0 bridgehead atoms. The van der Waals surface area contributed by atoms with E-state index in [9.17, 15) is 4.79 Å². The summed E-state index contributed by atoms with van der Waals surface area (Å²) in [4.78, 5) is 10.5. The van der Waals surface area contributed by atoms with Gasteiger partial charge in [0, 0.05) is 11.1 Å². The molecule has 1 aliphatic heterocycles. The van der Waals surface area contributed by atoms with Crippen molar-refractivity contribution in [3.05, 3.63) is 35.4 Å². The predicted octanol–water partition coefficient (Wildman–Crippen LogP) is 0.569. The molecule has 1 aliphatic rings. The molecule has 2 N–H and O–H groups in total. The topological polar surface area (TPSA) is 61.6 Å². The maximum atomic E-state index is 10.5. The lowest BCUT2D eigenvalue weighted by molar-refractivity contribution is -0.112. The van der Waals surface area contributed by atoms with E-state index < -0.39 is 5.91 Å². The number of ether oxygens (including phenoxy) is 2. The number of benzene rings is 1. The molecule has 4 nitrogen and oxygen atoms in total. The van der Waals surface area contributed by atoms with E-state index in [0.717, 1.165) is 11.1 Å². The summed E-state index contributed by atoms with van der Waals surface area (Å²) in [5.41, 5.74) is 6.60. The van der Waals surface area contributed by atoms with Crippen molar-refractivity contribution in [1.82, 2.24) is 0 Å². The Kier molecular flexibility index (Phi) is 3.20. The molecule has 0 aromatic heterocycles. The zero-order valence-electron chi connectivity index (χ0n) is 8.60. The maximum absolute atomic E-state index is 10.5. The minimum Gasteiger partial charge on any atom is -0.359 e. The van der Waals surface area contributed by atoms with Crippen LogP contribution in [-0.2, 0) is 14.3 Å². The fourth-order valence-electron chi connectivity index (χ4n) is 1.41. The first-order chi connectivity index (χ1) is 7.75. The molecule has 0 saturated carbocycles. The summed E-state index contributed by atoms with van der Waals surface area (Å²) in [6.07, 6.45) is -0.279. The van der Waals surface area contributed by atoms with Crippen LogP contribution in [0.15, 0.2) is 24.3 Å². The van der Waals surface area contributed by atoms with Crippen LogP contribution < -0.4 is 5.73 Å². The van der Waals surface area contributed by atoms with Crippen LogP contribution in [0.25, 0.3) is 0 Å². The van der Waals surface area contributed by atoms with Crippen LogP contribution in [0.1, 0.15) is 17.4 Å². The van der Waals surface area contributed by atoms with E-state index in [-0.39, 0.29) is 6.29 Å². The highest BCUT2D eigenvalue weighted by atomic mass is 16.7. The van der Waals surface area contributed by atoms with Crippen LogP contribution in [0.3, 0.4) is 0 Å². The van der Waals surface area contributed by atoms with Gasteiger partial charge in [-0.2, -0.15) is 0 Å². The molecule has 1 saturated heterocycles. The average molecular weight is 217 g/mol. The number of nitrogens with two attached hydrogens (primary N) is 1. The Morgan fingerprint density at radius 1 is 1.25 bits per heavy atom. The van der Waals surface area contributed by atoms with Gasteiger partial charge in [0.25, 0.3) is 5.91 Å². The van der Waals surface area contributed by atoms with Crippen molar-refractivity contribution in [1.29, 1.82) is 0 Å². The Hall–Kier alpha value is -1.83. The van der Waals surface area contributed by atoms with E-state index in [1.165, 1.54) is 0 Å². The summed E-state index contributed by atoms with van der Waals surface area (Å²) in [7, 11) is 0. The lowest BCUT2D eigenvalue weighted by Crippen LogP contribution is -2.06. The van der Waals surface area contributed by atoms with Gasteiger partial charge in [0.15, 0.2) is 6.29 Å². The number of amides is 1. The van der Waals surface area contributed by atoms with Gasteiger partial charge in [-0.15, -0.1) is 0 Å². The van der Waals surface area contributed by atoms with Gasteiger partial charge in [0.1, 0.15) is 0 Å². The summed E-state index contributed by atoms with van der Waals surface area (Å²) in [5.74, 6) is 4.30. The summed E-state index contributed by atoms with van der Waals surface area (Å²) >= 11 is 0. The second kappa shape index (κ2) is 4.79. The van der Waals surface area contributed by atoms with Crippen LogP contribution >= 0.6 is 0 Å². The molecule has 0 spiro atoms. The Balaban J connectivity index is 2.10. The quantitative estimate of drug-likeness (QED) is 0.699. The fourth-order valence-corrected chi connectivity index (χ4v) is 1.41. The number of hydrogen-bond donors (Lipinski definition) is 1. The lowest BCUT2D eigenvalue weighted by Gasteiger charge is -2.08. The molecule has 1 fully saturated rings. The zero-order chi connectivity index (χ0) is 11.4. The van der Waals surface area contributed by atoms with Crippen molar-refractivity contribution in [3.8, 4) is 11.8 Å². The smallest absolute Gasteiger partial charge is 0.293 e. The average Bonchev–Trinajstić information content (AvgIpc) is 2.80. The third kappa shape index (κ3) is 2.60. The van der Waals surface area contributed by atoms with Crippen molar-refractivity contribution >= 4 is 5.91 Å². The molecule has 1 aromatic carbocycles. The standard InChI is InChI=1S/C12H11NO3/c13-11(14)6-3-9-1-4-10(5-2-9)12-15-7-8-16-12/h1-2,4-5,12H,7-8H2,(H2,13,14). The molecule has 1 heterocycles. The molecule has 1 amide bonds. The van der Waals surface area contributed by atoms with Crippen molar-refractivity contribution in [2.24, 2.45) is 5.73 Å². The Labute approximate surface area is 93.3 Å². The van der Waals surface area contributed by atoms with Gasteiger partial charge in [0.2, 0.25) is 0 Å². The Morgan fingerprint density at radius 2 is 1.88 bits per heavy atom. The number of hydrogen-bond acceptors (Lipinski definition) is 3. The first-order valence-corrected chi connectivity index (χ1v) is 4.90. The normalized spacial score (nSPS) is 15.5. The second-order valence-electron chi connectivity index (χ2n) is 3.31. The summed E-state index contributed by atoms with van der Waals surface area (Å²) in [6, 6.07) is 7.33. The van der Waals surface area contributed by atoms with Crippen LogP contribution in [0.5, 0.6) is 0 Å². The molecule has 2 rings (SSSR count). The summed E-state index contributed by atoms with van der Waals surface area (Å²) in [5, 5.41) is 0. The molecular weight excluding hydrogens is 206 g/mol. The highest BCUT2D eigenvalue weighted by Gasteiger charge is 2.17. The van der Waals surface area contributed by atoms with Crippen LogP contribution in [0, 0.1) is 11.8 Å². The zero-order valence-corrected chi connectivity index (χ0v) is 8.60. The SMILES string of the molecule is NC(=O)C#Cc1ccc(C2OCCO2)cc1. The molecule has 16 heavy (non-hydrogen) atoms. The van der Waals surface area contributed by atoms with Crippen LogP contribution in [-0.4, -0.2) is 19.1 Å². The summed E-state index contributed by atoms with van der Waals surface area (Å²) in [6.45, 7) is 1.24. The molecule has 0 aliphatic carbocycles. The molecule has 82 valence electrons. The fraction of sp³-hybridized carbons (Fsp3) is 0.250. The molecule has 0 atom stereocenters. The number of carbonyl (C=O) groups is 1. The summed E-state index contributed by atoms with van der Waals surface area (Å²) < 4.78 is 10.7. The number of rotatable bonds is 1. The van der Waals surface area contributed by atoms with Crippen molar-refractivity contribution in [2.45, 2.75) is 6.29 Å². The van der Waals surface area contributed by atoms with Gasteiger partial charge in [-0.25, -0.2) is 0 Å².